The van der Waals surface area contributed by atoms with Gasteiger partial charge in [-0.1, -0.05) is 26.0 Å². The van der Waals surface area contributed by atoms with Crippen molar-refractivity contribution in [1.29, 1.82) is 0 Å². The zero-order chi connectivity index (χ0) is 21.5. The molecule has 3 N–H and O–H groups in total. The van der Waals surface area contributed by atoms with Crippen LogP contribution in [-0.4, -0.2) is 37.6 Å². The van der Waals surface area contributed by atoms with Gasteiger partial charge in [0.1, 0.15) is 5.82 Å². The Hall–Kier alpha value is -3.59. The first-order chi connectivity index (χ1) is 14.5. The molecule has 0 fully saturated rings. The highest BCUT2D eigenvalue weighted by atomic mass is 16.6. The summed E-state index contributed by atoms with van der Waals surface area (Å²) in [4.78, 5) is 23.8. The van der Waals surface area contributed by atoms with E-state index in [0.29, 0.717) is 24.0 Å². The van der Waals surface area contributed by atoms with Gasteiger partial charge in [0.2, 0.25) is 5.95 Å². The number of nitrogens with zero attached hydrogens (tertiary/aromatic N) is 4. The molecule has 3 rings (SSSR count). The zero-order valence-electron chi connectivity index (χ0n) is 16.8. The lowest BCUT2D eigenvalue weighted by Gasteiger charge is -2.20. The standard InChI is InChI=1S/C21H24N6O3/c1-14(2)19(13-28)25-21-24-18(16-6-4-8-22-12-16)10-20(26-21)23-11-15-5-3-7-17(9-15)27(29)30/h3-10,12,14,19,28H,11,13H2,1-2H3,(H2,23,24,25,26)/t19-/m1/s1. The molecule has 0 amide bonds. The van der Waals surface area contributed by atoms with Crippen molar-refractivity contribution in [1.82, 2.24) is 15.0 Å². The van der Waals surface area contributed by atoms with Gasteiger partial charge in [-0.3, -0.25) is 15.1 Å². The van der Waals surface area contributed by atoms with E-state index in [1.54, 1.807) is 24.5 Å². The van der Waals surface area contributed by atoms with Crippen LogP contribution in [0.4, 0.5) is 17.5 Å². The van der Waals surface area contributed by atoms with Crippen LogP contribution in [-0.2, 0) is 6.54 Å². The second-order valence-corrected chi connectivity index (χ2v) is 7.16. The van der Waals surface area contributed by atoms with Gasteiger partial charge in [0.25, 0.3) is 5.69 Å². The van der Waals surface area contributed by atoms with Gasteiger partial charge >= 0.3 is 0 Å². The fraction of sp³-hybridized carbons (Fsp3) is 0.286. The summed E-state index contributed by atoms with van der Waals surface area (Å²) < 4.78 is 0. The number of nitro groups is 1. The van der Waals surface area contributed by atoms with Gasteiger partial charge in [0.05, 0.1) is 23.3 Å². The Labute approximate surface area is 174 Å². The molecule has 0 bridgehead atoms. The van der Waals surface area contributed by atoms with Gasteiger partial charge in [-0.25, -0.2) is 4.98 Å². The minimum Gasteiger partial charge on any atom is -0.394 e. The Morgan fingerprint density at radius 1 is 1.17 bits per heavy atom. The van der Waals surface area contributed by atoms with Crippen molar-refractivity contribution >= 4 is 17.5 Å². The highest BCUT2D eigenvalue weighted by Gasteiger charge is 2.15. The molecule has 0 radical (unpaired) electrons. The fourth-order valence-corrected chi connectivity index (χ4v) is 2.83. The van der Waals surface area contributed by atoms with Crippen molar-refractivity contribution in [3.63, 3.8) is 0 Å². The lowest BCUT2D eigenvalue weighted by molar-refractivity contribution is -0.384. The van der Waals surface area contributed by atoms with E-state index in [-0.39, 0.29) is 24.3 Å². The number of non-ortho nitro benzene ring substituents is 1. The zero-order valence-corrected chi connectivity index (χ0v) is 16.8. The van der Waals surface area contributed by atoms with Crippen molar-refractivity contribution in [2.24, 2.45) is 5.92 Å². The van der Waals surface area contributed by atoms with Crippen molar-refractivity contribution in [3.8, 4) is 11.3 Å². The van der Waals surface area contributed by atoms with Crippen LogP contribution in [0.5, 0.6) is 0 Å². The van der Waals surface area contributed by atoms with Gasteiger partial charge in [-0.2, -0.15) is 4.98 Å². The van der Waals surface area contributed by atoms with Crippen molar-refractivity contribution in [3.05, 3.63) is 70.5 Å². The van der Waals surface area contributed by atoms with E-state index in [2.05, 4.69) is 25.6 Å². The van der Waals surface area contributed by atoms with Crippen LogP contribution in [0, 0.1) is 16.0 Å². The first-order valence-corrected chi connectivity index (χ1v) is 9.60. The summed E-state index contributed by atoms with van der Waals surface area (Å²) in [6.07, 6.45) is 3.40. The number of nitrogens with one attached hydrogen (secondary N) is 2. The molecule has 1 aromatic carbocycles. The average molecular weight is 408 g/mol. The maximum Gasteiger partial charge on any atom is 0.269 e. The predicted molar refractivity (Wildman–Crippen MR) is 115 cm³/mol. The van der Waals surface area contributed by atoms with Crippen LogP contribution >= 0.6 is 0 Å². The van der Waals surface area contributed by atoms with Gasteiger partial charge in [0.15, 0.2) is 0 Å². The van der Waals surface area contributed by atoms with Crippen molar-refractivity contribution in [2.75, 3.05) is 17.2 Å². The summed E-state index contributed by atoms with van der Waals surface area (Å²) in [6, 6.07) is 11.8. The summed E-state index contributed by atoms with van der Waals surface area (Å²) in [5.41, 5.74) is 2.29. The van der Waals surface area contributed by atoms with Crippen LogP contribution in [0.3, 0.4) is 0 Å². The maximum atomic E-state index is 11.0. The Bertz CT molecular complexity index is 997. The number of pyridine rings is 1. The number of benzene rings is 1. The van der Waals surface area contributed by atoms with Gasteiger partial charge in [-0.15, -0.1) is 0 Å². The third-order valence-corrected chi connectivity index (χ3v) is 4.59. The molecule has 2 aromatic heterocycles. The van der Waals surface area contributed by atoms with Crippen molar-refractivity contribution in [2.45, 2.75) is 26.4 Å². The van der Waals surface area contributed by atoms with E-state index in [9.17, 15) is 15.2 Å². The van der Waals surface area contributed by atoms with Gasteiger partial charge in [-0.05, 0) is 23.6 Å². The quantitative estimate of drug-likeness (QED) is 0.363. The lowest BCUT2D eigenvalue weighted by Crippen LogP contribution is -2.30. The van der Waals surface area contributed by atoms with Gasteiger partial charge in [0, 0.05) is 42.7 Å². The summed E-state index contributed by atoms with van der Waals surface area (Å²) >= 11 is 0. The Kier molecular flexibility index (Phi) is 6.87. The highest BCUT2D eigenvalue weighted by Crippen LogP contribution is 2.22. The summed E-state index contributed by atoms with van der Waals surface area (Å²) in [6.45, 7) is 4.31. The SMILES string of the molecule is CC(C)[C@@H](CO)Nc1nc(NCc2cccc([N+](=O)[O-])c2)cc(-c2cccnc2)n1. The predicted octanol–water partition coefficient (Wildman–Crippen LogP) is 3.49. The molecule has 1 atom stereocenters. The fourth-order valence-electron chi connectivity index (χ4n) is 2.83. The van der Waals surface area contributed by atoms with E-state index in [1.807, 2.05) is 32.0 Å². The lowest BCUT2D eigenvalue weighted by atomic mass is 10.1. The smallest absolute Gasteiger partial charge is 0.269 e. The molecular formula is C21H24N6O3. The Morgan fingerprint density at radius 3 is 2.67 bits per heavy atom. The normalized spacial score (nSPS) is 11.9. The molecule has 3 aromatic rings. The van der Waals surface area contributed by atoms with Crippen LogP contribution in [0.2, 0.25) is 0 Å². The van der Waals surface area contributed by atoms with E-state index in [1.165, 1.54) is 12.1 Å². The number of aromatic nitrogens is 3. The topological polar surface area (TPSA) is 126 Å². The molecule has 2 heterocycles. The third kappa shape index (κ3) is 5.48. The Morgan fingerprint density at radius 2 is 2.00 bits per heavy atom. The molecule has 0 aliphatic heterocycles. The second-order valence-electron chi connectivity index (χ2n) is 7.16. The second kappa shape index (κ2) is 9.75. The molecular weight excluding hydrogens is 384 g/mol. The summed E-state index contributed by atoms with van der Waals surface area (Å²) in [7, 11) is 0. The van der Waals surface area contributed by atoms with E-state index >= 15 is 0 Å². The molecule has 0 spiro atoms. The highest BCUT2D eigenvalue weighted by molar-refractivity contribution is 5.63. The molecule has 0 aliphatic rings. The van der Waals surface area contributed by atoms with Crippen LogP contribution < -0.4 is 10.6 Å². The first kappa shape index (κ1) is 21.1. The summed E-state index contributed by atoms with van der Waals surface area (Å²) in [5, 5.41) is 27.0. The molecule has 0 saturated carbocycles. The molecule has 156 valence electrons. The van der Waals surface area contributed by atoms with E-state index < -0.39 is 4.92 Å². The molecule has 0 saturated heterocycles. The Balaban J connectivity index is 1.87. The number of aliphatic hydroxyl groups is 1. The first-order valence-electron chi connectivity index (χ1n) is 9.60. The number of nitro benzene ring substituents is 1. The van der Waals surface area contributed by atoms with Crippen molar-refractivity contribution < 1.29 is 10.0 Å². The van der Waals surface area contributed by atoms with Crippen LogP contribution in [0.25, 0.3) is 11.3 Å². The number of aliphatic hydroxyl groups excluding tert-OH is 1. The minimum absolute atomic E-state index is 0.0399. The number of rotatable bonds is 9. The third-order valence-electron chi connectivity index (χ3n) is 4.59. The van der Waals surface area contributed by atoms with Gasteiger partial charge < -0.3 is 15.7 Å². The van der Waals surface area contributed by atoms with Crippen LogP contribution in [0.15, 0.2) is 54.9 Å². The molecule has 30 heavy (non-hydrogen) atoms. The number of hydrogen-bond acceptors (Lipinski definition) is 8. The van der Waals surface area contributed by atoms with E-state index in [4.69, 9.17) is 0 Å². The molecule has 9 nitrogen and oxygen atoms in total. The largest absolute Gasteiger partial charge is 0.394 e. The minimum atomic E-state index is -0.419. The maximum absolute atomic E-state index is 11.0. The van der Waals surface area contributed by atoms with E-state index in [0.717, 1.165) is 11.1 Å². The molecule has 9 heteroatoms. The molecule has 0 aliphatic carbocycles. The summed E-state index contributed by atoms with van der Waals surface area (Å²) in [5.74, 6) is 1.12. The average Bonchev–Trinajstić information content (AvgIpc) is 2.76. The number of anilines is 2. The molecule has 0 unspecified atom stereocenters. The van der Waals surface area contributed by atoms with Crippen LogP contribution in [0.1, 0.15) is 19.4 Å². The number of hydrogen-bond donors (Lipinski definition) is 3. The monoisotopic (exact) mass is 408 g/mol.